The normalized spacial score (nSPS) is 20.0. The third-order valence-corrected chi connectivity index (χ3v) is 5.33. The van der Waals surface area contributed by atoms with E-state index in [4.69, 9.17) is 30.1 Å². The smallest absolute Gasteiger partial charge is 0.146 e. The summed E-state index contributed by atoms with van der Waals surface area (Å²) < 4.78 is 27.7. The number of ether oxygens (including phenoxy) is 5. The van der Waals surface area contributed by atoms with Gasteiger partial charge in [0.1, 0.15) is 12.5 Å². The fourth-order valence-corrected chi connectivity index (χ4v) is 3.78. The maximum Gasteiger partial charge on any atom is 0.146 e. The van der Waals surface area contributed by atoms with E-state index in [1.165, 1.54) is 6.42 Å². The Bertz CT molecular complexity index is 619. The molecule has 1 aliphatic carbocycles. The molecule has 5 heteroatoms. The Morgan fingerprint density at radius 3 is 2.69 bits per heavy atom. The molecule has 0 radical (unpaired) electrons. The van der Waals surface area contributed by atoms with Crippen LogP contribution in [0, 0.1) is 24.2 Å². The van der Waals surface area contributed by atoms with Crippen molar-refractivity contribution in [3.8, 4) is 18.1 Å². The van der Waals surface area contributed by atoms with Crippen LogP contribution in [0.1, 0.15) is 31.2 Å². The Labute approximate surface area is 175 Å². The summed E-state index contributed by atoms with van der Waals surface area (Å²) in [6.07, 6.45) is 13.6. The van der Waals surface area contributed by atoms with E-state index in [-0.39, 0.29) is 6.10 Å². The molecule has 1 fully saturated rings. The molecule has 0 amide bonds. The van der Waals surface area contributed by atoms with Gasteiger partial charge in [-0.1, -0.05) is 30.6 Å². The van der Waals surface area contributed by atoms with Crippen molar-refractivity contribution in [2.24, 2.45) is 11.8 Å². The van der Waals surface area contributed by atoms with Gasteiger partial charge < -0.3 is 23.7 Å². The second kappa shape index (κ2) is 14.2. The fourth-order valence-electron chi connectivity index (χ4n) is 3.78. The first-order chi connectivity index (χ1) is 14.3. The van der Waals surface area contributed by atoms with Crippen molar-refractivity contribution in [1.82, 2.24) is 0 Å². The third-order valence-electron chi connectivity index (χ3n) is 5.33. The Balaban J connectivity index is 1.88. The molecule has 0 bridgehead atoms. The lowest BCUT2D eigenvalue weighted by Gasteiger charge is -2.28. The molecule has 0 unspecified atom stereocenters. The van der Waals surface area contributed by atoms with Gasteiger partial charge >= 0.3 is 0 Å². The molecule has 2 rings (SSSR count). The molecule has 5 nitrogen and oxygen atoms in total. The van der Waals surface area contributed by atoms with Crippen molar-refractivity contribution in [3.05, 3.63) is 42.0 Å². The second-order valence-electron chi connectivity index (χ2n) is 7.25. The van der Waals surface area contributed by atoms with Crippen LogP contribution in [0.25, 0.3) is 0 Å². The molecular formula is C24H34O5. The lowest BCUT2D eigenvalue weighted by molar-refractivity contribution is -0.0872. The Morgan fingerprint density at radius 2 is 1.97 bits per heavy atom. The minimum Gasteiger partial charge on any atom is -0.497 e. The maximum atomic E-state index is 6.36. The zero-order valence-corrected chi connectivity index (χ0v) is 17.7. The van der Waals surface area contributed by atoms with Gasteiger partial charge in [-0.05, 0) is 54.9 Å². The zero-order valence-electron chi connectivity index (χ0n) is 17.7. The number of allylic oxidation sites excluding steroid dienone is 1. The largest absolute Gasteiger partial charge is 0.497 e. The molecule has 1 aromatic rings. The predicted octanol–water partition coefficient (Wildman–Crippen LogP) is 4.21. The van der Waals surface area contributed by atoms with Crippen LogP contribution in [0.5, 0.6) is 5.75 Å². The van der Waals surface area contributed by atoms with E-state index in [0.717, 1.165) is 30.6 Å². The number of benzene rings is 1. The molecule has 1 aromatic carbocycles. The van der Waals surface area contributed by atoms with Crippen molar-refractivity contribution >= 4 is 0 Å². The minimum absolute atomic E-state index is 0.118. The van der Waals surface area contributed by atoms with Gasteiger partial charge in [0.05, 0.1) is 39.6 Å². The van der Waals surface area contributed by atoms with Crippen molar-refractivity contribution in [1.29, 1.82) is 0 Å². The van der Waals surface area contributed by atoms with Gasteiger partial charge in [0.15, 0.2) is 0 Å². The number of methoxy groups -OCH3 is 2. The van der Waals surface area contributed by atoms with E-state index in [1.54, 1.807) is 20.3 Å². The first-order valence-corrected chi connectivity index (χ1v) is 10.3. The van der Waals surface area contributed by atoms with E-state index in [9.17, 15) is 0 Å². The van der Waals surface area contributed by atoms with Crippen molar-refractivity contribution in [2.75, 3.05) is 40.8 Å². The topological polar surface area (TPSA) is 46.2 Å². The fraction of sp³-hybridized carbons (Fsp3) is 0.583. The molecule has 0 saturated heterocycles. The molecule has 160 valence electrons. The molecule has 29 heavy (non-hydrogen) atoms. The van der Waals surface area contributed by atoms with Gasteiger partial charge in [-0.25, -0.2) is 0 Å². The van der Waals surface area contributed by atoms with Crippen molar-refractivity contribution in [3.63, 3.8) is 0 Å². The van der Waals surface area contributed by atoms with E-state index >= 15 is 0 Å². The summed E-state index contributed by atoms with van der Waals surface area (Å²) in [4.78, 5) is 0. The molecule has 0 heterocycles. The average molecular weight is 403 g/mol. The van der Waals surface area contributed by atoms with Crippen LogP contribution in [0.4, 0.5) is 0 Å². The van der Waals surface area contributed by atoms with Crippen LogP contribution < -0.4 is 4.74 Å². The number of hydrogen-bond acceptors (Lipinski definition) is 5. The van der Waals surface area contributed by atoms with Gasteiger partial charge in [0.2, 0.25) is 0 Å². The standard InChI is InChI=1S/C24H34O5/c1-4-5-6-10-24(29-17-20-11-13-22(26-3)14-12-20)23-9-7-8-21(23)18-28-19-27-16-15-25-2/h1,5-6,11-14,21,23-24H,7-10,15-19H2,2-3H3/b6-5+/t21-,23+,24-/m0/s1. The first kappa shape index (κ1) is 23.4. The van der Waals surface area contributed by atoms with Crippen LogP contribution in [0.2, 0.25) is 0 Å². The highest BCUT2D eigenvalue weighted by Gasteiger charge is 2.34. The number of rotatable bonds is 14. The monoisotopic (exact) mass is 402 g/mol. The Hall–Kier alpha value is -1.84. The van der Waals surface area contributed by atoms with Gasteiger partial charge in [0, 0.05) is 7.11 Å². The van der Waals surface area contributed by atoms with Gasteiger partial charge in [-0.2, -0.15) is 0 Å². The number of terminal acetylenes is 1. The molecule has 1 aliphatic rings. The van der Waals surface area contributed by atoms with Crippen LogP contribution >= 0.6 is 0 Å². The number of hydrogen-bond donors (Lipinski definition) is 0. The van der Waals surface area contributed by atoms with Gasteiger partial charge in [-0.15, -0.1) is 6.42 Å². The summed E-state index contributed by atoms with van der Waals surface area (Å²) in [5.41, 5.74) is 1.13. The summed E-state index contributed by atoms with van der Waals surface area (Å²) in [7, 11) is 3.33. The van der Waals surface area contributed by atoms with E-state index in [1.807, 2.05) is 30.3 Å². The van der Waals surface area contributed by atoms with Gasteiger partial charge in [0.25, 0.3) is 0 Å². The van der Waals surface area contributed by atoms with Crippen LogP contribution in [0.3, 0.4) is 0 Å². The lowest BCUT2D eigenvalue weighted by atomic mass is 9.89. The molecule has 0 N–H and O–H groups in total. The highest BCUT2D eigenvalue weighted by Crippen LogP contribution is 2.37. The minimum atomic E-state index is 0.118. The summed E-state index contributed by atoms with van der Waals surface area (Å²) in [5.74, 6) is 4.35. The second-order valence-corrected chi connectivity index (χ2v) is 7.25. The summed E-state index contributed by atoms with van der Waals surface area (Å²) in [6.45, 7) is 2.70. The Kier molecular flexibility index (Phi) is 11.5. The molecular weight excluding hydrogens is 368 g/mol. The quantitative estimate of drug-likeness (QED) is 0.265. The molecule has 3 atom stereocenters. The molecule has 0 aliphatic heterocycles. The van der Waals surface area contributed by atoms with Crippen molar-refractivity contribution in [2.45, 2.75) is 38.4 Å². The summed E-state index contributed by atoms with van der Waals surface area (Å²) in [5, 5.41) is 0. The average Bonchev–Trinajstić information content (AvgIpc) is 3.22. The Morgan fingerprint density at radius 1 is 1.14 bits per heavy atom. The first-order valence-electron chi connectivity index (χ1n) is 10.3. The van der Waals surface area contributed by atoms with Crippen LogP contribution in [-0.4, -0.2) is 46.9 Å². The van der Waals surface area contributed by atoms with E-state index in [2.05, 4.69) is 5.92 Å². The summed E-state index contributed by atoms with van der Waals surface area (Å²) in [6, 6.07) is 8.00. The van der Waals surface area contributed by atoms with Crippen LogP contribution in [0.15, 0.2) is 36.4 Å². The lowest BCUT2D eigenvalue weighted by Crippen LogP contribution is -2.29. The highest BCUT2D eigenvalue weighted by molar-refractivity contribution is 5.26. The molecule has 0 aromatic heterocycles. The van der Waals surface area contributed by atoms with E-state index < -0.39 is 0 Å². The molecule has 1 saturated carbocycles. The predicted molar refractivity (Wildman–Crippen MR) is 114 cm³/mol. The zero-order chi connectivity index (χ0) is 20.7. The van der Waals surface area contributed by atoms with E-state index in [0.29, 0.717) is 45.1 Å². The highest BCUT2D eigenvalue weighted by atomic mass is 16.7. The maximum absolute atomic E-state index is 6.36. The van der Waals surface area contributed by atoms with Crippen LogP contribution in [-0.2, 0) is 25.6 Å². The molecule has 0 spiro atoms. The van der Waals surface area contributed by atoms with Gasteiger partial charge in [-0.3, -0.25) is 0 Å². The third kappa shape index (κ3) is 8.59. The summed E-state index contributed by atoms with van der Waals surface area (Å²) >= 11 is 0. The SMILES string of the molecule is C#C/C=C/C[C@H](OCc1ccc(OC)cc1)[C@@H]1CCC[C@H]1COCOCCOC. The van der Waals surface area contributed by atoms with Crippen molar-refractivity contribution < 1.29 is 23.7 Å².